The van der Waals surface area contributed by atoms with E-state index < -0.39 is 20.5 Å². The van der Waals surface area contributed by atoms with Gasteiger partial charge in [-0.2, -0.15) is 0 Å². The van der Waals surface area contributed by atoms with Gasteiger partial charge in [-0.15, -0.1) is 20.5 Å². The van der Waals surface area contributed by atoms with Crippen LogP contribution in [0.3, 0.4) is 0 Å². The van der Waals surface area contributed by atoms with Crippen molar-refractivity contribution in [2.45, 2.75) is 137 Å². The Bertz CT molecular complexity index is 2040. The van der Waals surface area contributed by atoms with Crippen molar-refractivity contribution in [3.63, 3.8) is 0 Å². The zero-order valence-electron chi connectivity index (χ0n) is 41.5. The average molecular weight is 1060 g/mol. The van der Waals surface area contributed by atoms with Crippen LogP contribution >= 0.6 is 0 Å². The molecule has 0 radical (unpaired) electrons. The van der Waals surface area contributed by atoms with Gasteiger partial charge in [0.2, 0.25) is 0 Å². The van der Waals surface area contributed by atoms with E-state index in [0.29, 0.717) is 0 Å². The van der Waals surface area contributed by atoms with E-state index in [1.165, 1.54) is 74.5 Å². The molecule has 0 N–H and O–H groups in total. The number of rotatable bonds is 21. The number of hydrogen-bond acceptors (Lipinski definition) is 14. The molecule has 0 saturated heterocycles. The molecule has 0 aliphatic heterocycles. The molecule has 0 unspecified atom stereocenters. The molecule has 0 fully saturated rings. The van der Waals surface area contributed by atoms with Crippen LogP contribution in [-0.4, -0.2) is 47.3 Å². The second-order valence-electron chi connectivity index (χ2n) is 15.9. The third-order valence-electron chi connectivity index (χ3n) is 10.3. The smallest absolute Gasteiger partial charge is 0.330 e. The Labute approximate surface area is 434 Å². The van der Waals surface area contributed by atoms with Crippen LogP contribution in [0.1, 0.15) is 152 Å². The van der Waals surface area contributed by atoms with Gasteiger partial charge >= 0.3 is 17.1 Å². The summed E-state index contributed by atoms with van der Waals surface area (Å²) in [7, 11) is -9.89. The van der Waals surface area contributed by atoms with Crippen LogP contribution in [0.5, 0.6) is 0 Å². The van der Waals surface area contributed by atoms with Crippen LogP contribution in [0.2, 0.25) is 0 Å². The van der Waals surface area contributed by atoms with Crippen LogP contribution in [0, 0.1) is 20.5 Å². The van der Waals surface area contributed by atoms with E-state index in [1.54, 1.807) is 0 Å². The van der Waals surface area contributed by atoms with Crippen molar-refractivity contribution in [1.29, 1.82) is 0 Å². The van der Waals surface area contributed by atoms with E-state index in [-0.39, 0.29) is 35.2 Å². The van der Waals surface area contributed by atoms with E-state index in [1.807, 2.05) is 110 Å². The van der Waals surface area contributed by atoms with Crippen molar-refractivity contribution in [2.75, 3.05) is 0 Å². The maximum absolute atomic E-state index is 8.49. The Hall–Kier alpha value is -4.92. The summed E-state index contributed by atoms with van der Waals surface area (Å²) >= 11 is 0. The van der Waals surface area contributed by atoms with Gasteiger partial charge in [-0.25, -0.2) is 52.2 Å². The molecule has 6 aromatic rings. The third kappa shape index (κ3) is 31.2. The first-order chi connectivity index (χ1) is 33.4. The summed E-state index contributed by atoms with van der Waals surface area (Å²) in [4.78, 5) is 27.0. The molecule has 3 heterocycles. The minimum absolute atomic E-state index is 0. The monoisotopic (exact) mass is 1060 g/mol. The molecule has 3 aromatic carbocycles. The Balaban J connectivity index is 0.000000482. The first-order valence-corrected chi connectivity index (χ1v) is 25.9. The molecule has 6 rings (SSSR count). The maximum Gasteiger partial charge on any atom is 2.00 e. The van der Waals surface area contributed by atoms with Gasteiger partial charge in [-0.05, 0) is 56.7 Å². The van der Waals surface area contributed by atoms with Crippen molar-refractivity contribution < 1.29 is 74.8 Å². The summed E-state index contributed by atoms with van der Waals surface area (Å²) in [6.07, 6.45) is 28.4. The second kappa shape index (κ2) is 36.9. The van der Waals surface area contributed by atoms with E-state index >= 15 is 0 Å². The van der Waals surface area contributed by atoms with Gasteiger partial charge < -0.3 is 13.7 Å². The summed E-state index contributed by atoms with van der Waals surface area (Å²) in [5, 5.41) is 0. The largest absolute Gasteiger partial charge is 2.00 e. The predicted octanol–water partition coefficient (Wildman–Crippen LogP) is 3.25. The first kappa shape index (κ1) is 64.1. The van der Waals surface area contributed by atoms with Gasteiger partial charge in [-0.1, -0.05) is 150 Å². The van der Waals surface area contributed by atoms with Gasteiger partial charge in [0.05, 0.1) is 36.8 Å². The third-order valence-corrected chi connectivity index (χ3v) is 10.3. The van der Waals surface area contributed by atoms with Crippen molar-refractivity contribution in [3.05, 3.63) is 162 Å². The molecule has 3 aromatic heterocycles. The molecule has 0 aliphatic rings. The fourth-order valence-electron chi connectivity index (χ4n) is 6.50. The molecular formula is C51H69Cl2FeN9O8. The van der Waals surface area contributed by atoms with E-state index in [2.05, 4.69) is 122 Å². The molecule has 0 saturated carbocycles. The molecule has 20 heteroatoms. The number of benzene rings is 3. The molecule has 17 nitrogen and oxygen atoms in total. The van der Waals surface area contributed by atoms with Crippen LogP contribution < -0.4 is 37.3 Å². The first-order valence-electron chi connectivity index (χ1n) is 23.4. The fraction of sp³-hybridized carbons (Fsp3) is 0.412. The number of aryl methyl sites for hydroxylation is 3. The van der Waals surface area contributed by atoms with Gasteiger partial charge in [0.25, 0.3) is 0 Å². The summed E-state index contributed by atoms with van der Waals surface area (Å²) in [5.74, 6) is 2.84. The number of unbranched alkanes of at least 4 members (excludes halogenated alkanes) is 6. The van der Waals surface area contributed by atoms with E-state index in [0.717, 1.165) is 37.1 Å². The van der Waals surface area contributed by atoms with Crippen LogP contribution in [0.4, 0.5) is 0 Å². The van der Waals surface area contributed by atoms with Crippen molar-refractivity contribution in [3.8, 4) is 0 Å². The van der Waals surface area contributed by atoms with Crippen LogP contribution in [0.15, 0.2) is 143 Å². The van der Waals surface area contributed by atoms with E-state index in [9.17, 15) is 0 Å². The number of halogens is 2. The fourth-order valence-corrected chi connectivity index (χ4v) is 6.50. The molecule has 0 bridgehead atoms. The summed E-state index contributed by atoms with van der Waals surface area (Å²) in [6, 6.07) is 31.5. The Morgan fingerprint density at radius 1 is 0.423 bits per heavy atom. The number of hydrogen-bond donors (Lipinski definition) is 0. The molecule has 0 amide bonds. The summed E-state index contributed by atoms with van der Waals surface area (Å²) in [6.45, 7) is 16.1. The molecular weight excluding hydrogens is 993 g/mol. The van der Waals surface area contributed by atoms with Crippen LogP contribution in [-0.2, 0) is 36.7 Å². The van der Waals surface area contributed by atoms with Crippen molar-refractivity contribution in [1.82, 2.24) is 28.7 Å². The molecule has 3 atom stereocenters. The molecule has 71 heavy (non-hydrogen) atoms. The Kier molecular flexibility index (Phi) is 33.3. The van der Waals surface area contributed by atoms with Gasteiger partial charge in [0, 0.05) is 56.8 Å². The number of imidazole rings is 3. The minimum Gasteiger partial charge on any atom is -0.330 e. The standard InChI is InChI=1S/3C17H23N3.2ClHO4.Fe/c3*1-3-4-8-12-20-13-11-18-17(20)14-19-15(2)16-9-6-5-7-10-16;2*2-1(3,4)5;/h3*5-7,9-11,13-15H,3-4,8,12H2,1-2H3;2*(H,2,3,4,5);/q;;;;;+2/p-2/t3*15-;;;/m111.../s1. The zero-order chi connectivity index (χ0) is 51.6. The van der Waals surface area contributed by atoms with Gasteiger partial charge in [0.1, 0.15) is 0 Å². The van der Waals surface area contributed by atoms with Gasteiger partial charge in [-0.3, -0.25) is 15.0 Å². The quantitative estimate of drug-likeness (QED) is 0.0573. The topological polar surface area (TPSA) is 275 Å². The number of nitrogens with zero attached hydrogens (tertiary/aromatic N) is 9. The summed E-state index contributed by atoms with van der Waals surface area (Å²) in [5.41, 5.74) is 3.69. The van der Waals surface area contributed by atoms with Crippen molar-refractivity contribution >= 4 is 18.6 Å². The molecule has 388 valence electrons. The van der Waals surface area contributed by atoms with Crippen LogP contribution in [0.25, 0.3) is 0 Å². The predicted molar refractivity (Wildman–Crippen MR) is 253 cm³/mol. The SMILES string of the molecule is CCCCCn1ccnc1C=N[C@H](C)c1ccccc1.CCCCCn1ccnc1C=N[C@H](C)c1ccccc1.CCCCCn1ccnc1C=N[C@H](C)c1ccccc1.[Fe+2].[O-][Cl+3]([O-])([O-])[O-].[O-][Cl+3]([O-])([O-])[O-]. The van der Waals surface area contributed by atoms with Crippen molar-refractivity contribution in [2.24, 2.45) is 15.0 Å². The Morgan fingerprint density at radius 3 is 0.859 bits per heavy atom. The zero-order valence-corrected chi connectivity index (χ0v) is 44.1. The molecule has 0 spiro atoms. The van der Waals surface area contributed by atoms with E-state index in [4.69, 9.17) is 37.3 Å². The summed E-state index contributed by atoms with van der Waals surface area (Å²) < 4.78 is 74.5. The average Bonchev–Trinajstić information content (AvgIpc) is 4.11. The second-order valence-corrected chi connectivity index (χ2v) is 17.4. The number of aliphatic imine (C=N–C) groups is 3. The maximum atomic E-state index is 8.49. The number of aromatic nitrogens is 6. The van der Waals surface area contributed by atoms with Gasteiger partial charge in [0.15, 0.2) is 17.5 Å². The minimum atomic E-state index is -4.94. The molecule has 0 aliphatic carbocycles. The Morgan fingerprint density at radius 2 is 0.648 bits per heavy atom. The normalized spacial score (nSPS) is 12.6.